The predicted octanol–water partition coefficient (Wildman–Crippen LogP) is 1.99. The van der Waals surface area contributed by atoms with E-state index in [0.717, 1.165) is 24.8 Å². The number of hydrogen-bond acceptors (Lipinski definition) is 3. The van der Waals surface area contributed by atoms with Crippen molar-refractivity contribution in [1.82, 2.24) is 10.6 Å². The van der Waals surface area contributed by atoms with Gasteiger partial charge in [0.1, 0.15) is 0 Å². The highest BCUT2D eigenvalue weighted by atomic mass is 35.5. The van der Waals surface area contributed by atoms with Gasteiger partial charge in [0.2, 0.25) is 5.91 Å². The maximum absolute atomic E-state index is 12.1. The summed E-state index contributed by atoms with van der Waals surface area (Å²) in [5.74, 6) is -0.175. The van der Waals surface area contributed by atoms with Gasteiger partial charge >= 0.3 is 0 Å². The normalized spacial score (nSPS) is 11.2. The van der Waals surface area contributed by atoms with Crippen molar-refractivity contribution in [2.24, 2.45) is 5.73 Å². The molecular formula is C16H26ClN3O2. The van der Waals surface area contributed by atoms with Crippen LogP contribution in [0.3, 0.4) is 0 Å². The van der Waals surface area contributed by atoms with Crippen LogP contribution in [0.2, 0.25) is 0 Å². The molecule has 5 nitrogen and oxygen atoms in total. The lowest BCUT2D eigenvalue weighted by Crippen LogP contribution is -2.40. The number of nitrogens with two attached hydrogens (primary N) is 1. The summed E-state index contributed by atoms with van der Waals surface area (Å²) in [5.41, 5.74) is 7.25. The topological polar surface area (TPSA) is 84.2 Å². The minimum Gasteiger partial charge on any atom is -0.352 e. The number of halogens is 1. The summed E-state index contributed by atoms with van der Waals surface area (Å²) in [5, 5.41) is 5.67. The molecule has 0 bridgehead atoms. The molecule has 0 aliphatic heterocycles. The smallest absolute Gasteiger partial charge is 0.251 e. The van der Waals surface area contributed by atoms with Crippen molar-refractivity contribution in [3.05, 3.63) is 35.4 Å². The van der Waals surface area contributed by atoms with Crippen LogP contribution in [0.4, 0.5) is 0 Å². The van der Waals surface area contributed by atoms with E-state index in [4.69, 9.17) is 5.73 Å². The van der Waals surface area contributed by atoms with E-state index >= 15 is 0 Å². The largest absolute Gasteiger partial charge is 0.352 e. The Bertz CT molecular complexity index is 463. The Morgan fingerprint density at radius 2 is 1.86 bits per heavy atom. The van der Waals surface area contributed by atoms with Crippen LogP contribution in [0, 0.1) is 0 Å². The third kappa shape index (κ3) is 7.43. The Morgan fingerprint density at radius 1 is 1.23 bits per heavy atom. The second-order valence-corrected chi connectivity index (χ2v) is 5.15. The lowest BCUT2D eigenvalue weighted by atomic mass is 10.1. The van der Waals surface area contributed by atoms with E-state index < -0.39 is 0 Å². The number of amides is 2. The molecule has 0 heterocycles. The van der Waals surface area contributed by atoms with E-state index in [0.29, 0.717) is 18.7 Å². The molecule has 1 aromatic carbocycles. The van der Waals surface area contributed by atoms with Crippen LogP contribution < -0.4 is 16.4 Å². The Labute approximate surface area is 138 Å². The molecule has 2 amide bonds. The van der Waals surface area contributed by atoms with Gasteiger partial charge in [0.05, 0.1) is 0 Å². The first-order valence-electron chi connectivity index (χ1n) is 7.41. The van der Waals surface area contributed by atoms with E-state index in [1.165, 1.54) is 6.92 Å². The summed E-state index contributed by atoms with van der Waals surface area (Å²) in [7, 11) is 0. The molecule has 1 aromatic rings. The number of carbonyl (C=O) groups excluding carboxylic acids is 2. The molecule has 0 aliphatic rings. The van der Waals surface area contributed by atoms with E-state index in [1.807, 2.05) is 12.1 Å². The van der Waals surface area contributed by atoms with Gasteiger partial charge in [-0.2, -0.15) is 0 Å². The van der Waals surface area contributed by atoms with Crippen LogP contribution in [0.5, 0.6) is 0 Å². The van der Waals surface area contributed by atoms with Crippen LogP contribution in [0.1, 0.15) is 49.0 Å². The fourth-order valence-electron chi connectivity index (χ4n) is 1.97. The number of rotatable bonds is 8. The first kappa shape index (κ1) is 20.4. The summed E-state index contributed by atoms with van der Waals surface area (Å²) >= 11 is 0. The van der Waals surface area contributed by atoms with Crippen molar-refractivity contribution >= 4 is 24.2 Å². The maximum atomic E-state index is 12.1. The molecule has 1 atom stereocenters. The molecular weight excluding hydrogens is 302 g/mol. The van der Waals surface area contributed by atoms with Crippen molar-refractivity contribution in [3.63, 3.8) is 0 Å². The van der Waals surface area contributed by atoms with Crippen molar-refractivity contribution < 1.29 is 9.59 Å². The molecule has 6 heteroatoms. The minimum absolute atomic E-state index is 0. The average molecular weight is 328 g/mol. The third-order valence-electron chi connectivity index (χ3n) is 3.28. The molecule has 4 N–H and O–H groups in total. The predicted molar refractivity (Wildman–Crippen MR) is 91.0 cm³/mol. The van der Waals surface area contributed by atoms with Crippen LogP contribution in [-0.4, -0.2) is 24.4 Å². The number of unbranched alkanes of at least 4 members (excludes halogenated alkanes) is 1. The van der Waals surface area contributed by atoms with Crippen LogP contribution in [0.25, 0.3) is 0 Å². The zero-order chi connectivity index (χ0) is 15.7. The maximum Gasteiger partial charge on any atom is 0.251 e. The number of carbonyl (C=O) groups is 2. The summed E-state index contributed by atoms with van der Waals surface area (Å²) in [6, 6.07) is 7.24. The fourth-order valence-corrected chi connectivity index (χ4v) is 1.97. The summed E-state index contributed by atoms with van der Waals surface area (Å²) in [6.07, 6.45) is 3.04. The first-order chi connectivity index (χ1) is 10.1. The summed E-state index contributed by atoms with van der Waals surface area (Å²) in [4.78, 5) is 23.0. The van der Waals surface area contributed by atoms with Gasteiger partial charge in [-0.05, 0) is 24.1 Å². The van der Waals surface area contributed by atoms with Gasteiger partial charge in [-0.25, -0.2) is 0 Å². The molecule has 1 rings (SSSR count). The molecule has 0 aromatic heterocycles. The molecule has 0 saturated carbocycles. The highest BCUT2D eigenvalue weighted by Gasteiger charge is 2.11. The van der Waals surface area contributed by atoms with Gasteiger partial charge in [0.15, 0.2) is 0 Å². The lowest BCUT2D eigenvalue weighted by molar-refractivity contribution is -0.119. The first-order valence-corrected chi connectivity index (χ1v) is 7.41. The number of hydrogen-bond donors (Lipinski definition) is 3. The van der Waals surface area contributed by atoms with Crippen LogP contribution >= 0.6 is 12.4 Å². The molecule has 124 valence electrons. The van der Waals surface area contributed by atoms with Gasteiger partial charge in [-0.15, -0.1) is 12.4 Å². The van der Waals surface area contributed by atoms with Gasteiger partial charge in [0.25, 0.3) is 5.91 Å². The molecule has 0 aliphatic carbocycles. The zero-order valence-electron chi connectivity index (χ0n) is 13.2. The van der Waals surface area contributed by atoms with E-state index in [9.17, 15) is 9.59 Å². The van der Waals surface area contributed by atoms with E-state index in [1.54, 1.807) is 12.1 Å². The van der Waals surface area contributed by atoms with Crippen LogP contribution in [-0.2, 0) is 11.3 Å². The number of benzene rings is 1. The molecule has 0 fully saturated rings. The highest BCUT2D eigenvalue weighted by molar-refractivity contribution is 5.94. The molecule has 0 radical (unpaired) electrons. The monoisotopic (exact) mass is 327 g/mol. The SMILES string of the molecule is CCCCC(CN)NC(=O)c1ccc(CNC(C)=O)cc1.Cl. The van der Waals surface area contributed by atoms with Crippen molar-refractivity contribution in [3.8, 4) is 0 Å². The van der Waals surface area contributed by atoms with E-state index in [-0.39, 0.29) is 30.3 Å². The summed E-state index contributed by atoms with van der Waals surface area (Å²) < 4.78 is 0. The fraction of sp³-hybridized carbons (Fsp3) is 0.500. The Hall–Kier alpha value is -1.59. The lowest BCUT2D eigenvalue weighted by Gasteiger charge is -2.16. The standard InChI is InChI=1S/C16H25N3O2.ClH/c1-3-4-5-15(10-17)19-16(21)14-8-6-13(7-9-14)11-18-12(2)20;/h6-9,15H,3-5,10-11,17H2,1-2H3,(H,18,20)(H,19,21);1H. The third-order valence-corrected chi connectivity index (χ3v) is 3.28. The van der Waals surface area contributed by atoms with Gasteiger partial charge in [-0.3, -0.25) is 9.59 Å². The Morgan fingerprint density at radius 3 is 2.36 bits per heavy atom. The quantitative estimate of drug-likeness (QED) is 0.682. The second kappa shape index (κ2) is 11.0. The minimum atomic E-state index is -0.104. The zero-order valence-corrected chi connectivity index (χ0v) is 14.0. The molecule has 22 heavy (non-hydrogen) atoms. The Balaban J connectivity index is 0.00000441. The highest BCUT2D eigenvalue weighted by Crippen LogP contribution is 2.06. The Kier molecular flexibility index (Phi) is 10.2. The second-order valence-electron chi connectivity index (χ2n) is 5.15. The van der Waals surface area contributed by atoms with Crippen molar-refractivity contribution in [1.29, 1.82) is 0 Å². The number of nitrogens with one attached hydrogen (secondary N) is 2. The average Bonchev–Trinajstić information content (AvgIpc) is 2.49. The van der Waals surface area contributed by atoms with Crippen LogP contribution in [0.15, 0.2) is 24.3 Å². The van der Waals surface area contributed by atoms with Gasteiger partial charge < -0.3 is 16.4 Å². The van der Waals surface area contributed by atoms with E-state index in [2.05, 4.69) is 17.6 Å². The molecule has 1 unspecified atom stereocenters. The van der Waals surface area contributed by atoms with Gasteiger partial charge in [0, 0.05) is 31.6 Å². The molecule has 0 saturated heterocycles. The molecule has 0 spiro atoms. The van der Waals surface area contributed by atoms with Crippen molar-refractivity contribution in [2.45, 2.75) is 45.7 Å². The summed E-state index contributed by atoms with van der Waals surface area (Å²) in [6.45, 7) is 4.51. The van der Waals surface area contributed by atoms with Crippen molar-refractivity contribution in [2.75, 3.05) is 6.54 Å². The van der Waals surface area contributed by atoms with Gasteiger partial charge in [-0.1, -0.05) is 31.9 Å².